The van der Waals surface area contributed by atoms with E-state index in [-0.39, 0.29) is 32.7 Å². The first-order chi connectivity index (χ1) is 6.86. The van der Waals surface area contributed by atoms with Gasteiger partial charge in [-0.1, -0.05) is 0 Å². The van der Waals surface area contributed by atoms with Crippen molar-refractivity contribution in [1.29, 1.82) is 0 Å². The van der Waals surface area contributed by atoms with Crippen molar-refractivity contribution in [2.45, 2.75) is 13.2 Å². The van der Waals surface area contributed by atoms with Crippen LogP contribution in [0.25, 0.3) is 0 Å². The molecule has 2 aromatic rings. The average molecular weight is 291 g/mol. The minimum Gasteiger partial charge on any atom is -0.404 e. The van der Waals surface area contributed by atoms with Gasteiger partial charge in [0, 0.05) is 13.2 Å². The summed E-state index contributed by atoms with van der Waals surface area (Å²) >= 11 is 0. The Morgan fingerprint density at radius 1 is 0.667 bits per heavy atom. The van der Waals surface area contributed by atoms with Crippen LogP contribution >= 0.6 is 0 Å². The Balaban J connectivity index is 0.000000245. The summed E-state index contributed by atoms with van der Waals surface area (Å²) in [5, 5.41) is 16.9. The van der Waals surface area contributed by atoms with Crippen LogP contribution in [0.2, 0.25) is 0 Å². The zero-order valence-electron chi connectivity index (χ0n) is 8.28. The van der Waals surface area contributed by atoms with Crippen molar-refractivity contribution < 1.29 is 29.7 Å². The fourth-order valence-electron chi connectivity index (χ4n) is 1.04. The summed E-state index contributed by atoms with van der Waals surface area (Å²) < 4.78 is 0. The molecule has 3 heteroatoms. The molecule has 0 saturated heterocycles. The van der Waals surface area contributed by atoms with E-state index in [4.69, 9.17) is 10.2 Å². The third-order valence-electron chi connectivity index (χ3n) is 1.83. The predicted molar refractivity (Wildman–Crippen MR) is 55.9 cm³/mol. The summed E-state index contributed by atoms with van der Waals surface area (Å²) in [4.78, 5) is 0. The van der Waals surface area contributed by atoms with Crippen molar-refractivity contribution in [2.75, 3.05) is 0 Å². The van der Waals surface area contributed by atoms with Gasteiger partial charge in [-0.05, 0) is 0 Å². The summed E-state index contributed by atoms with van der Waals surface area (Å²) in [6.07, 6.45) is 0. The average Bonchev–Trinajstić information content (AvgIpc) is 2.92. The van der Waals surface area contributed by atoms with Crippen LogP contribution in [0.5, 0.6) is 0 Å². The molecule has 0 bridgehead atoms. The molecule has 0 amide bonds. The zero-order valence-corrected chi connectivity index (χ0v) is 10.0. The molecule has 0 unspecified atom stereocenters. The van der Waals surface area contributed by atoms with E-state index in [0.29, 0.717) is 0 Å². The SMILES string of the molecule is OC[c-]1cccc1.OC[c-]1cccc1.[Ru+2]. The van der Waals surface area contributed by atoms with Gasteiger partial charge in [-0.3, -0.25) is 0 Å². The number of hydrogen-bond donors (Lipinski definition) is 2. The second-order valence-electron chi connectivity index (χ2n) is 2.90. The van der Waals surface area contributed by atoms with Gasteiger partial charge in [0.1, 0.15) is 0 Å². The minimum absolute atomic E-state index is 0. The molecule has 0 saturated carbocycles. The topological polar surface area (TPSA) is 40.5 Å². The molecule has 0 atom stereocenters. The smallest absolute Gasteiger partial charge is 0.404 e. The quantitative estimate of drug-likeness (QED) is 0.654. The second-order valence-corrected chi connectivity index (χ2v) is 2.90. The Morgan fingerprint density at radius 3 is 1.07 bits per heavy atom. The van der Waals surface area contributed by atoms with Gasteiger partial charge in [0.2, 0.25) is 0 Å². The largest absolute Gasteiger partial charge is 2.00 e. The third kappa shape index (κ3) is 5.63. The van der Waals surface area contributed by atoms with Gasteiger partial charge in [-0.25, -0.2) is 24.3 Å². The fourth-order valence-corrected chi connectivity index (χ4v) is 1.04. The molecule has 2 aromatic carbocycles. The Hall–Kier alpha value is -0.757. The van der Waals surface area contributed by atoms with Gasteiger partial charge in [0.05, 0.1) is 0 Å². The van der Waals surface area contributed by atoms with Gasteiger partial charge < -0.3 is 10.2 Å². The van der Waals surface area contributed by atoms with Crippen molar-refractivity contribution in [3.63, 3.8) is 0 Å². The van der Waals surface area contributed by atoms with Crippen molar-refractivity contribution >= 4 is 0 Å². The molecule has 0 radical (unpaired) electrons. The van der Waals surface area contributed by atoms with Crippen LogP contribution in [0.3, 0.4) is 0 Å². The standard InChI is InChI=1S/2C6H7O.Ru/c2*7-5-6-3-1-2-4-6;/h2*1-4,7H,5H2;/q2*-1;+2. The molecule has 0 heterocycles. The zero-order chi connectivity index (χ0) is 10.2. The van der Waals surface area contributed by atoms with Gasteiger partial charge in [-0.2, -0.15) is 24.3 Å². The Morgan fingerprint density at radius 2 is 0.933 bits per heavy atom. The van der Waals surface area contributed by atoms with Crippen molar-refractivity contribution in [2.24, 2.45) is 0 Å². The predicted octanol–water partition coefficient (Wildman–Crippen LogP) is 1.79. The maximum atomic E-state index is 8.43. The first kappa shape index (κ1) is 14.2. The van der Waals surface area contributed by atoms with Gasteiger partial charge in [-0.15, -0.1) is 11.1 Å². The Labute approximate surface area is 103 Å². The van der Waals surface area contributed by atoms with E-state index in [0.717, 1.165) is 11.1 Å². The molecular weight excluding hydrogens is 277 g/mol. The second kappa shape index (κ2) is 8.54. The molecule has 0 aliphatic heterocycles. The van der Waals surface area contributed by atoms with Crippen LogP contribution in [0.4, 0.5) is 0 Å². The Kier molecular flexibility index (Phi) is 8.11. The van der Waals surface area contributed by atoms with Crippen LogP contribution in [0.1, 0.15) is 11.1 Å². The molecule has 0 aliphatic carbocycles. The molecule has 0 fully saturated rings. The number of aliphatic hydroxyl groups is 2. The van der Waals surface area contributed by atoms with E-state index < -0.39 is 0 Å². The number of hydrogen-bond acceptors (Lipinski definition) is 2. The van der Waals surface area contributed by atoms with E-state index in [1.165, 1.54) is 0 Å². The van der Waals surface area contributed by atoms with Crippen LogP contribution in [0, 0.1) is 0 Å². The summed E-state index contributed by atoms with van der Waals surface area (Å²) in [5.74, 6) is 0. The summed E-state index contributed by atoms with van der Waals surface area (Å²) in [7, 11) is 0. The van der Waals surface area contributed by atoms with Gasteiger partial charge in [0.15, 0.2) is 0 Å². The first-order valence-electron chi connectivity index (χ1n) is 4.49. The maximum Gasteiger partial charge on any atom is 2.00 e. The van der Waals surface area contributed by atoms with E-state index in [2.05, 4.69) is 0 Å². The molecule has 2 rings (SSSR count). The molecule has 15 heavy (non-hydrogen) atoms. The van der Waals surface area contributed by atoms with Crippen molar-refractivity contribution in [3.05, 3.63) is 59.7 Å². The first-order valence-corrected chi connectivity index (χ1v) is 4.49. The maximum absolute atomic E-state index is 8.43. The van der Waals surface area contributed by atoms with E-state index in [9.17, 15) is 0 Å². The molecule has 82 valence electrons. The molecule has 2 nitrogen and oxygen atoms in total. The van der Waals surface area contributed by atoms with E-state index >= 15 is 0 Å². The number of aliphatic hydroxyl groups excluding tert-OH is 2. The summed E-state index contributed by atoms with van der Waals surface area (Å²) in [6.45, 7) is 0.319. The van der Waals surface area contributed by atoms with E-state index in [1.54, 1.807) is 0 Å². The molecule has 0 spiro atoms. The summed E-state index contributed by atoms with van der Waals surface area (Å²) in [5.41, 5.74) is 1.97. The molecule has 2 N–H and O–H groups in total. The fraction of sp³-hybridized carbons (Fsp3) is 0.167. The van der Waals surface area contributed by atoms with Gasteiger partial charge in [0.25, 0.3) is 0 Å². The van der Waals surface area contributed by atoms with Crippen LogP contribution in [-0.4, -0.2) is 10.2 Å². The minimum atomic E-state index is 0. The van der Waals surface area contributed by atoms with E-state index in [1.807, 2.05) is 48.5 Å². The molecule has 0 aliphatic rings. The normalized spacial score (nSPS) is 8.67. The van der Waals surface area contributed by atoms with Gasteiger partial charge >= 0.3 is 19.5 Å². The molecular formula is C12H14O2Ru. The van der Waals surface area contributed by atoms with Crippen molar-refractivity contribution in [3.8, 4) is 0 Å². The van der Waals surface area contributed by atoms with Crippen LogP contribution in [-0.2, 0) is 32.7 Å². The molecule has 0 aromatic heterocycles. The summed E-state index contributed by atoms with van der Waals surface area (Å²) in [6, 6.07) is 15.2. The van der Waals surface area contributed by atoms with Crippen molar-refractivity contribution in [1.82, 2.24) is 0 Å². The van der Waals surface area contributed by atoms with Crippen LogP contribution < -0.4 is 0 Å². The Bertz CT molecular complexity index is 277. The van der Waals surface area contributed by atoms with Crippen LogP contribution in [0.15, 0.2) is 48.5 Å². The number of rotatable bonds is 2. The third-order valence-corrected chi connectivity index (χ3v) is 1.83. The monoisotopic (exact) mass is 292 g/mol.